The molecular formula is C23H22N6O. The number of fused-ring (bicyclic) bond motifs is 4. The van der Waals surface area contributed by atoms with Crippen molar-refractivity contribution in [1.82, 2.24) is 9.97 Å². The van der Waals surface area contributed by atoms with Crippen LogP contribution in [0.4, 0.5) is 22.1 Å². The van der Waals surface area contributed by atoms with E-state index in [-0.39, 0.29) is 12.1 Å². The van der Waals surface area contributed by atoms with E-state index in [0.29, 0.717) is 11.6 Å². The van der Waals surface area contributed by atoms with Gasteiger partial charge in [0, 0.05) is 38.1 Å². The smallest absolute Gasteiger partial charge is 0.329 e. The van der Waals surface area contributed by atoms with E-state index >= 15 is 0 Å². The van der Waals surface area contributed by atoms with E-state index in [1.807, 2.05) is 42.6 Å². The molecule has 2 aliphatic rings. The van der Waals surface area contributed by atoms with Crippen LogP contribution in [0.1, 0.15) is 12.0 Å². The van der Waals surface area contributed by atoms with Crippen LogP contribution in [0.15, 0.2) is 65.8 Å². The molecular weight excluding hydrogens is 376 g/mol. The molecule has 2 aromatic heterocycles. The molecule has 0 spiro atoms. The van der Waals surface area contributed by atoms with E-state index in [4.69, 9.17) is 4.98 Å². The van der Waals surface area contributed by atoms with Gasteiger partial charge in [-0.15, -0.1) is 0 Å². The van der Waals surface area contributed by atoms with Crippen LogP contribution in [0.3, 0.4) is 0 Å². The molecule has 5 rings (SSSR count). The number of carbonyl (C=O) groups excluding carboxylic acids is 1. The van der Waals surface area contributed by atoms with Crippen molar-refractivity contribution in [1.29, 1.82) is 0 Å². The highest BCUT2D eigenvalue weighted by molar-refractivity contribution is 6.04. The monoisotopic (exact) mass is 398 g/mol. The third-order valence-electron chi connectivity index (χ3n) is 5.53. The summed E-state index contributed by atoms with van der Waals surface area (Å²) in [4.78, 5) is 30.6. The Morgan fingerprint density at radius 3 is 2.97 bits per heavy atom. The second-order valence-electron chi connectivity index (χ2n) is 7.46. The predicted molar refractivity (Wildman–Crippen MR) is 120 cm³/mol. The minimum absolute atomic E-state index is 0.0996. The number of hydrogen-bond donors (Lipinski definition) is 1. The zero-order valence-corrected chi connectivity index (χ0v) is 16.7. The number of amides is 2. The maximum absolute atomic E-state index is 13.2. The molecule has 30 heavy (non-hydrogen) atoms. The van der Waals surface area contributed by atoms with Gasteiger partial charge in [0.15, 0.2) is 5.82 Å². The third kappa shape index (κ3) is 3.28. The number of nitrogens with one attached hydrogen (secondary N) is 1. The summed E-state index contributed by atoms with van der Waals surface area (Å²) in [6.07, 6.45) is 4.41. The lowest BCUT2D eigenvalue weighted by Gasteiger charge is -2.35. The van der Waals surface area contributed by atoms with Crippen LogP contribution in [-0.2, 0) is 0 Å². The van der Waals surface area contributed by atoms with Gasteiger partial charge in [-0.2, -0.15) is 0 Å². The van der Waals surface area contributed by atoms with E-state index in [9.17, 15) is 4.79 Å². The zero-order valence-electron chi connectivity index (χ0n) is 16.7. The van der Waals surface area contributed by atoms with Crippen LogP contribution in [-0.4, -0.2) is 48.4 Å². The van der Waals surface area contributed by atoms with Crippen LogP contribution in [0.5, 0.6) is 0 Å². The maximum atomic E-state index is 13.2. The van der Waals surface area contributed by atoms with Crippen LogP contribution < -0.4 is 15.1 Å². The number of aliphatic imine (C=N–C) groups is 1. The number of hydrogen-bond acceptors (Lipinski definition) is 5. The SMILES string of the molecule is CN=Cc1cccc(-c2ccc3c(n2)N(C(=O)Nc2ccccn2)[C@H]2CCN3C2)c1. The quantitative estimate of drug-likeness (QED) is 0.681. The first-order valence-electron chi connectivity index (χ1n) is 10.0. The van der Waals surface area contributed by atoms with Gasteiger partial charge in [0.25, 0.3) is 0 Å². The van der Waals surface area contributed by atoms with Gasteiger partial charge >= 0.3 is 6.03 Å². The first-order chi connectivity index (χ1) is 14.7. The number of aromatic nitrogens is 2. The lowest BCUT2D eigenvalue weighted by molar-refractivity contribution is 0.254. The number of urea groups is 1. The van der Waals surface area contributed by atoms with E-state index in [1.54, 1.807) is 24.2 Å². The molecule has 4 heterocycles. The minimum Gasteiger partial charge on any atom is -0.366 e. The van der Waals surface area contributed by atoms with Crippen LogP contribution in [0.25, 0.3) is 11.3 Å². The fourth-order valence-corrected chi connectivity index (χ4v) is 4.17. The number of nitrogens with zero attached hydrogens (tertiary/aromatic N) is 5. The Hall–Kier alpha value is -3.74. The van der Waals surface area contributed by atoms with E-state index in [1.165, 1.54) is 0 Å². The van der Waals surface area contributed by atoms with Gasteiger partial charge in [-0.1, -0.05) is 24.3 Å². The number of carbonyl (C=O) groups is 1. The summed E-state index contributed by atoms with van der Waals surface area (Å²) in [7, 11) is 1.76. The number of anilines is 3. The second-order valence-corrected chi connectivity index (χ2v) is 7.46. The van der Waals surface area contributed by atoms with Crippen LogP contribution in [0, 0.1) is 0 Å². The van der Waals surface area contributed by atoms with E-state index in [0.717, 1.165) is 42.0 Å². The summed E-state index contributed by atoms with van der Waals surface area (Å²) >= 11 is 0. The summed E-state index contributed by atoms with van der Waals surface area (Å²) < 4.78 is 0. The van der Waals surface area contributed by atoms with Crippen molar-refractivity contribution in [2.24, 2.45) is 4.99 Å². The Labute approximate surface area is 175 Å². The highest BCUT2D eigenvalue weighted by Gasteiger charge is 2.40. The van der Waals surface area contributed by atoms with Gasteiger partial charge < -0.3 is 4.90 Å². The molecule has 2 amide bonds. The average molecular weight is 398 g/mol. The third-order valence-corrected chi connectivity index (χ3v) is 5.53. The maximum Gasteiger partial charge on any atom is 0.329 e. The van der Waals surface area contributed by atoms with Crippen molar-refractivity contribution in [3.8, 4) is 11.3 Å². The molecule has 7 heteroatoms. The van der Waals surface area contributed by atoms with Crippen molar-refractivity contribution in [2.45, 2.75) is 12.5 Å². The molecule has 150 valence electrons. The first kappa shape index (κ1) is 18.3. The number of benzene rings is 1. The summed E-state index contributed by atoms with van der Waals surface area (Å²) in [6, 6.07) is 17.5. The molecule has 0 aliphatic carbocycles. The lowest BCUT2D eigenvalue weighted by atomic mass is 10.1. The standard InChI is InChI=1S/C23H22N6O/c1-24-14-16-5-4-6-17(13-16)19-8-9-20-22(26-19)29(18-10-12-28(20)15-18)23(30)27-21-7-2-3-11-25-21/h2-9,11,13-14,18H,10,12,15H2,1H3,(H,25,27,30)/t18-/m0/s1. The van der Waals surface area contributed by atoms with Crippen molar-refractivity contribution < 1.29 is 4.79 Å². The van der Waals surface area contributed by atoms with Gasteiger partial charge in [-0.3, -0.25) is 15.2 Å². The molecule has 1 saturated heterocycles. The molecule has 3 aromatic rings. The van der Waals surface area contributed by atoms with Gasteiger partial charge in [-0.25, -0.2) is 14.8 Å². The topological polar surface area (TPSA) is 73.7 Å². The Bertz CT molecular complexity index is 1110. The minimum atomic E-state index is -0.196. The Balaban J connectivity index is 1.53. The molecule has 2 aliphatic heterocycles. The normalized spacial score (nSPS) is 17.3. The van der Waals surface area contributed by atoms with Gasteiger partial charge in [0.1, 0.15) is 5.82 Å². The summed E-state index contributed by atoms with van der Waals surface area (Å²) in [5.41, 5.74) is 3.84. The Morgan fingerprint density at radius 1 is 1.20 bits per heavy atom. The highest BCUT2D eigenvalue weighted by Crippen LogP contribution is 2.40. The average Bonchev–Trinajstić information content (AvgIpc) is 3.19. The molecule has 1 N–H and O–H groups in total. The lowest BCUT2D eigenvalue weighted by Crippen LogP contribution is -2.48. The summed E-state index contributed by atoms with van der Waals surface area (Å²) in [5.74, 6) is 1.23. The van der Waals surface area contributed by atoms with Crippen molar-refractivity contribution in [3.63, 3.8) is 0 Å². The van der Waals surface area contributed by atoms with Crippen molar-refractivity contribution in [2.75, 3.05) is 35.3 Å². The zero-order chi connectivity index (χ0) is 20.5. The molecule has 1 fully saturated rings. The molecule has 1 aromatic carbocycles. The number of rotatable bonds is 3. The van der Waals surface area contributed by atoms with Crippen LogP contribution >= 0.6 is 0 Å². The van der Waals surface area contributed by atoms with Crippen LogP contribution in [0.2, 0.25) is 0 Å². The van der Waals surface area contributed by atoms with Crippen molar-refractivity contribution >= 4 is 29.6 Å². The molecule has 0 radical (unpaired) electrons. The van der Waals surface area contributed by atoms with E-state index < -0.39 is 0 Å². The first-order valence-corrected chi connectivity index (χ1v) is 10.0. The predicted octanol–water partition coefficient (Wildman–Crippen LogP) is 3.82. The summed E-state index contributed by atoms with van der Waals surface area (Å²) in [6.45, 7) is 1.75. The second kappa shape index (κ2) is 7.59. The Morgan fingerprint density at radius 2 is 2.13 bits per heavy atom. The molecule has 2 bridgehead atoms. The molecule has 0 unspecified atom stereocenters. The van der Waals surface area contributed by atoms with E-state index in [2.05, 4.69) is 32.3 Å². The highest BCUT2D eigenvalue weighted by atomic mass is 16.2. The molecule has 0 saturated carbocycles. The van der Waals surface area contributed by atoms with Crippen molar-refractivity contribution in [3.05, 3.63) is 66.4 Å². The molecule has 1 atom stereocenters. The van der Waals surface area contributed by atoms with Gasteiger partial charge in [0.2, 0.25) is 0 Å². The fraction of sp³-hybridized carbons (Fsp3) is 0.217. The largest absolute Gasteiger partial charge is 0.366 e. The Kier molecular flexibility index (Phi) is 4.63. The fourth-order valence-electron chi connectivity index (χ4n) is 4.17. The molecule has 7 nitrogen and oxygen atoms in total. The van der Waals surface area contributed by atoms with Gasteiger partial charge in [-0.05, 0) is 42.3 Å². The van der Waals surface area contributed by atoms with Gasteiger partial charge in [0.05, 0.1) is 17.4 Å². The number of pyridine rings is 2. The summed E-state index contributed by atoms with van der Waals surface area (Å²) in [5, 5.41) is 2.92.